The number of halogens is 2. The Morgan fingerprint density at radius 2 is 2.00 bits per heavy atom. The van der Waals surface area contributed by atoms with Crippen LogP contribution in [0.25, 0.3) is 0 Å². The van der Waals surface area contributed by atoms with E-state index >= 15 is 0 Å². The van der Waals surface area contributed by atoms with Crippen LogP contribution in [0.2, 0.25) is 0 Å². The van der Waals surface area contributed by atoms with Crippen LogP contribution in [0, 0.1) is 17.1 Å². The van der Waals surface area contributed by atoms with E-state index in [4.69, 9.17) is 0 Å². The van der Waals surface area contributed by atoms with Gasteiger partial charge in [-0.1, -0.05) is 12.1 Å². The maximum absolute atomic E-state index is 13.6. The zero-order valence-corrected chi connectivity index (χ0v) is 14.8. The molecule has 0 fully saturated rings. The van der Waals surface area contributed by atoms with Crippen LogP contribution in [0.4, 0.5) is 4.39 Å². The highest BCUT2D eigenvalue weighted by Crippen LogP contribution is 2.38. The van der Waals surface area contributed by atoms with Crippen molar-refractivity contribution in [3.8, 4) is 6.07 Å². The van der Waals surface area contributed by atoms with Crippen LogP contribution >= 0.6 is 28.6 Å². The zero-order valence-electron chi connectivity index (χ0n) is 12.3. The molecule has 1 aliphatic rings. The highest BCUT2D eigenvalue weighted by atomic mass is 79.9. The minimum atomic E-state index is -0.672. The lowest BCUT2D eigenvalue weighted by atomic mass is 9.83. The Kier molecular flexibility index (Phi) is 4.69. The summed E-state index contributed by atoms with van der Waals surface area (Å²) in [7, 11) is 0. The molecule has 1 amide bonds. The van der Waals surface area contributed by atoms with Gasteiger partial charge in [-0.2, -0.15) is 9.83 Å². The monoisotopic (exact) mass is 404 g/mol. The number of carbonyl (C=O) groups excluding carboxylic acids is 1. The Morgan fingerprint density at radius 3 is 2.62 bits per heavy atom. The predicted molar refractivity (Wildman–Crippen MR) is 92.3 cm³/mol. The number of nitrogens with one attached hydrogen (secondary N) is 1. The van der Waals surface area contributed by atoms with Crippen molar-refractivity contribution in [3.63, 3.8) is 0 Å². The van der Waals surface area contributed by atoms with Crippen molar-refractivity contribution in [2.24, 2.45) is 0 Å². The third kappa shape index (κ3) is 2.95. The third-order valence-electron chi connectivity index (χ3n) is 3.88. The lowest BCUT2D eigenvalue weighted by Gasteiger charge is -2.28. The van der Waals surface area contributed by atoms with Gasteiger partial charge in [0.05, 0.1) is 27.1 Å². The summed E-state index contributed by atoms with van der Waals surface area (Å²) < 4.78 is 15.6. The molecule has 0 unspecified atom stereocenters. The fourth-order valence-electron chi connectivity index (χ4n) is 2.80. The van der Waals surface area contributed by atoms with Crippen LogP contribution in [-0.2, 0) is 4.79 Å². The normalized spacial score (nSPS) is 20.5. The highest BCUT2D eigenvalue weighted by Gasteiger charge is 2.44. The van der Waals surface area contributed by atoms with Crippen LogP contribution in [0.5, 0.6) is 0 Å². The number of pyridine rings is 1. The quantitative estimate of drug-likeness (QED) is 0.596. The first-order valence-electron chi connectivity index (χ1n) is 7.07. The Balaban J connectivity index is 2.21. The van der Waals surface area contributed by atoms with E-state index in [-0.39, 0.29) is 15.4 Å². The Morgan fingerprint density at radius 1 is 1.29 bits per heavy atom. The maximum atomic E-state index is 13.6. The molecule has 0 bridgehead atoms. The van der Waals surface area contributed by atoms with E-state index in [0.29, 0.717) is 11.1 Å². The third-order valence-corrected chi connectivity index (χ3v) is 4.84. The van der Waals surface area contributed by atoms with Gasteiger partial charge in [0.25, 0.3) is 5.91 Å². The number of nitriles is 1. The van der Waals surface area contributed by atoms with Crippen LogP contribution in [-0.4, -0.2) is 5.91 Å². The summed E-state index contributed by atoms with van der Waals surface area (Å²) in [4.78, 5) is 12.6. The molecule has 2 aromatic rings. The fraction of sp³-hybridized carbons (Fsp3) is 0.118. The van der Waals surface area contributed by atoms with Crippen molar-refractivity contribution in [2.45, 2.75) is 12.0 Å². The van der Waals surface area contributed by atoms with Gasteiger partial charge in [0.15, 0.2) is 12.4 Å². The Bertz CT molecular complexity index is 879. The molecule has 2 heterocycles. The molecule has 120 valence electrons. The van der Waals surface area contributed by atoms with Gasteiger partial charge >= 0.3 is 0 Å². The number of nitrogens with zero attached hydrogens (tertiary/aromatic N) is 2. The average Bonchev–Trinajstić information content (AvgIpc) is 2.57. The lowest BCUT2D eigenvalue weighted by molar-refractivity contribution is -0.711. The lowest BCUT2D eigenvalue weighted by Crippen LogP contribution is -2.53. The molecule has 7 heteroatoms. The SMILES string of the molecule is N#CC1=C(S)NC(=O)[C@H]([n+]2ccccc2)[C@H]1c1ccc(F)c(Br)c1. The molecule has 4 nitrogen and oxygen atoms in total. The van der Waals surface area contributed by atoms with Crippen molar-refractivity contribution in [1.29, 1.82) is 5.26 Å². The van der Waals surface area contributed by atoms with Crippen molar-refractivity contribution in [3.05, 3.63) is 75.2 Å². The maximum Gasteiger partial charge on any atom is 0.294 e. The Labute approximate surface area is 152 Å². The van der Waals surface area contributed by atoms with E-state index in [1.807, 2.05) is 6.07 Å². The van der Waals surface area contributed by atoms with Crippen molar-refractivity contribution < 1.29 is 13.8 Å². The van der Waals surface area contributed by atoms with Crippen molar-refractivity contribution in [1.82, 2.24) is 5.32 Å². The first-order chi connectivity index (χ1) is 11.5. The number of benzene rings is 1. The number of carbonyl (C=O) groups is 1. The standard InChI is InChI=1S/C17H11BrFN3OS/c18-12-8-10(4-5-13(12)19)14-11(9-20)17(24)21-16(23)15(14)22-6-2-1-3-7-22/h1-8,14-15H,(H-,21,23,24)/p+1/t14-,15+/m0/s1. The molecular weight excluding hydrogens is 393 g/mol. The molecule has 1 aromatic heterocycles. The van der Waals surface area contributed by atoms with E-state index in [2.05, 4.69) is 39.9 Å². The summed E-state index contributed by atoms with van der Waals surface area (Å²) >= 11 is 7.40. The summed E-state index contributed by atoms with van der Waals surface area (Å²) in [5.41, 5.74) is 0.986. The summed E-state index contributed by atoms with van der Waals surface area (Å²) in [5.74, 6) is -1.25. The molecule has 0 spiro atoms. The van der Waals surface area contributed by atoms with Gasteiger partial charge in [-0.05, 0) is 33.6 Å². The van der Waals surface area contributed by atoms with Gasteiger partial charge in [-0.25, -0.2) is 4.39 Å². The minimum absolute atomic E-state index is 0.223. The number of allylic oxidation sites excluding steroid dienone is 1. The number of hydrogen-bond donors (Lipinski definition) is 2. The molecule has 0 saturated carbocycles. The molecule has 2 atom stereocenters. The van der Waals surface area contributed by atoms with E-state index in [1.165, 1.54) is 6.07 Å². The highest BCUT2D eigenvalue weighted by molar-refractivity contribution is 9.10. The second-order valence-electron chi connectivity index (χ2n) is 5.28. The largest absolute Gasteiger partial charge is 0.314 e. The molecule has 0 saturated heterocycles. The van der Waals surface area contributed by atoms with Gasteiger partial charge in [0, 0.05) is 12.1 Å². The molecule has 3 rings (SSSR count). The molecule has 1 aliphatic heterocycles. The van der Waals surface area contributed by atoms with Crippen molar-refractivity contribution in [2.75, 3.05) is 0 Å². The number of hydrogen-bond acceptors (Lipinski definition) is 3. The zero-order chi connectivity index (χ0) is 17.3. The molecule has 24 heavy (non-hydrogen) atoms. The second-order valence-corrected chi connectivity index (χ2v) is 6.58. The predicted octanol–water partition coefficient (Wildman–Crippen LogP) is 3.00. The molecule has 1 aromatic carbocycles. The number of thiol groups is 1. The summed E-state index contributed by atoms with van der Waals surface area (Å²) in [6.07, 6.45) is 3.52. The van der Waals surface area contributed by atoms with Crippen LogP contribution in [0.1, 0.15) is 17.5 Å². The fourth-order valence-corrected chi connectivity index (χ4v) is 3.49. The minimum Gasteiger partial charge on any atom is -0.314 e. The molecule has 0 radical (unpaired) electrons. The Hall–Kier alpha value is -2.17. The van der Waals surface area contributed by atoms with Gasteiger partial charge in [0.1, 0.15) is 5.82 Å². The van der Waals surface area contributed by atoms with Crippen LogP contribution < -0.4 is 9.88 Å². The second kappa shape index (κ2) is 6.75. The first-order valence-corrected chi connectivity index (χ1v) is 8.31. The van der Waals surface area contributed by atoms with Gasteiger partial charge in [-0.3, -0.25) is 4.79 Å². The van der Waals surface area contributed by atoms with Crippen LogP contribution in [0.15, 0.2) is 63.9 Å². The van der Waals surface area contributed by atoms with E-state index in [1.54, 1.807) is 41.2 Å². The van der Waals surface area contributed by atoms with Gasteiger partial charge in [-0.15, -0.1) is 12.6 Å². The summed E-state index contributed by atoms with van der Waals surface area (Å²) in [5, 5.41) is 12.4. The average molecular weight is 405 g/mol. The number of rotatable bonds is 2. The van der Waals surface area contributed by atoms with E-state index < -0.39 is 17.8 Å². The van der Waals surface area contributed by atoms with E-state index in [9.17, 15) is 14.4 Å². The first kappa shape index (κ1) is 16.7. The molecular formula is C17H12BrFN3OS+. The smallest absolute Gasteiger partial charge is 0.294 e. The topological polar surface area (TPSA) is 56.8 Å². The number of amides is 1. The van der Waals surface area contributed by atoms with Gasteiger partial charge < -0.3 is 5.32 Å². The summed E-state index contributed by atoms with van der Waals surface area (Å²) in [6, 6.07) is 11.4. The molecule has 0 aliphatic carbocycles. The van der Waals surface area contributed by atoms with Crippen LogP contribution in [0.3, 0.4) is 0 Å². The molecule has 1 N–H and O–H groups in total. The van der Waals surface area contributed by atoms with E-state index in [0.717, 1.165) is 0 Å². The number of aromatic nitrogens is 1. The van der Waals surface area contributed by atoms with Crippen molar-refractivity contribution >= 4 is 34.5 Å². The summed E-state index contributed by atoms with van der Waals surface area (Å²) in [6.45, 7) is 0. The van der Waals surface area contributed by atoms with Gasteiger partial charge in [0.2, 0.25) is 6.04 Å².